The average Bonchev–Trinajstić information content (AvgIpc) is 2.80. The minimum atomic E-state index is -4.66. The molecule has 1 heterocycles. The van der Waals surface area contributed by atoms with Gasteiger partial charge in [0, 0.05) is 11.4 Å². The number of benzene rings is 2. The Kier molecular flexibility index (Phi) is 8.04. The van der Waals surface area contributed by atoms with Crippen LogP contribution in [0.3, 0.4) is 0 Å². The second kappa shape index (κ2) is 11.0. The zero-order valence-corrected chi connectivity index (χ0v) is 19.0. The van der Waals surface area contributed by atoms with E-state index in [-0.39, 0.29) is 24.1 Å². The van der Waals surface area contributed by atoms with Crippen molar-refractivity contribution in [2.45, 2.75) is 20.0 Å². The molecule has 0 atom stereocenters. The Bertz CT molecular complexity index is 1240. The van der Waals surface area contributed by atoms with E-state index in [1.807, 2.05) is 0 Å². The maximum absolute atomic E-state index is 13.0. The number of carbonyl (C=O) groups excluding carboxylic acids is 2. The molecule has 0 aliphatic carbocycles. The summed E-state index contributed by atoms with van der Waals surface area (Å²) >= 11 is 5.59. The summed E-state index contributed by atoms with van der Waals surface area (Å²) in [6.45, 7) is 3.61. The van der Waals surface area contributed by atoms with Crippen LogP contribution in [0.15, 0.2) is 42.7 Å². The molecule has 0 aliphatic rings. The monoisotopic (exact) mass is 510 g/mol. The average molecular weight is 511 g/mol. The first-order valence-corrected chi connectivity index (χ1v) is 10.3. The molecule has 3 rings (SSSR count). The number of aromatic nitrogens is 3. The van der Waals surface area contributed by atoms with Crippen molar-refractivity contribution in [1.82, 2.24) is 20.4 Å². The molecule has 0 aliphatic heterocycles. The van der Waals surface area contributed by atoms with Crippen LogP contribution in [0.25, 0.3) is 0 Å². The van der Waals surface area contributed by atoms with Crippen LogP contribution in [0.4, 0.5) is 29.3 Å². The highest BCUT2D eigenvalue weighted by atomic mass is 35.5. The number of hydrogen-bond donors (Lipinski definition) is 3. The molecule has 0 saturated heterocycles. The highest BCUT2D eigenvalue weighted by molar-refractivity contribution is 6.31. The van der Waals surface area contributed by atoms with E-state index in [0.29, 0.717) is 17.0 Å². The summed E-state index contributed by atoms with van der Waals surface area (Å²) < 4.78 is 44.6. The van der Waals surface area contributed by atoms with Crippen molar-refractivity contribution in [2.75, 3.05) is 17.2 Å². The van der Waals surface area contributed by atoms with Crippen molar-refractivity contribution in [3.8, 4) is 11.8 Å². The second-order valence-corrected chi connectivity index (χ2v) is 7.21. The predicted molar refractivity (Wildman–Crippen MR) is 119 cm³/mol. The smallest absolute Gasteiger partial charge is 0.417 e. The molecule has 2 aromatic carbocycles. The maximum Gasteiger partial charge on any atom is 0.417 e. The Labute approximate surface area is 201 Å². The number of nitrogens with zero attached hydrogens (tertiary/aromatic N) is 3. The van der Waals surface area contributed by atoms with Gasteiger partial charge < -0.3 is 15.4 Å². The summed E-state index contributed by atoms with van der Waals surface area (Å²) in [6, 6.07) is 6.69. The molecule has 0 radical (unpaired) electrons. The lowest BCUT2D eigenvalue weighted by atomic mass is 10.2. The number of carbonyl (C=O) groups is 2. The molecule has 0 fully saturated rings. The van der Waals surface area contributed by atoms with Crippen LogP contribution in [0.1, 0.15) is 28.7 Å². The topological polar surface area (TPSA) is 127 Å². The van der Waals surface area contributed by atoms with Gasteiger partial charge in [-0.05, 0) is 55.8 Å². The summed E-state index contributed by atoms with van der Waals surface area (Å²) in [4.78, 5) is 40.4. The van der Waals surface area contributed by atoms with Gasteiger partial charge in [0.25, 0.3) is 0 Å². The lowest BCUT2D eigenvalue weighted by Gasteiger charge is -2.13. The van der Waals surface area contributed by atoms with Crippen LogP contribution in [-0.2, 0) is 11.0 Å². The first kappa shape index (κ1) is 25.6. The normalized spacial score (nSPS) is 11.0. The largest absolute Gasteiger partial charge is 0.424 e. The maximum atomic E-state index is 13.0. The molecule has 3 N–H and O–H groups in total. The molecule has 1 aromatic heterocycles. The van der Waals surface area contributed by atoms with E-state index < -0.39 is 28.7 Å². The van der Waals surface area contributed by atoms with E-state index in [4.69, 9.17) is 21.2 Å². The summed E-state index contributed by atoms with van der Waals surface area (Å²) in [5.41, 5.74) is 1.93. The molecule has 184 valence electrons. The van der Waals surface area contributed by atoms with E-state index in [0.717, 1.165) is 18.5 Å². The minimum absolute atomic E-state index is 0.0872. The fraction of sp³-hybridized carbons (Fsp3) is 0.190. The molecule has 10 nitrogen and oxygen atoms in total. The van der Waals surface area contributed by atoms with Crippen LogP contribution < -0.4 is 20.9 Å². The van der Waals surface area contributed by atoms with Crippen LogP contribution in [0.2, 0.25) is 5.02 Å². The Balaban J connectivity index is 1.66. The summed E-state index contributed by atoms with van der Waals surface area (Å²) in [7, 11) is 0. The zero-order chi connectivity index (χ0) is 25.6. The van der Waals surface area contributed by atoms with Gasteiger partial charge in [-0.1, -0.05) is 11.6 Å². The number of amides is 3. The van der Waals surface area contributed by atoms with E-state index in [9.17, 15) is 22.8 Å². The highest BCUT2D eigenvalue weighted by Gasteiger charge is 2.33. The summed E-state index contributed by atoms with van der Waals surface area (Å²) in [6.07, 6.45) is -3.57. The molecule has 35 heavy (non-hydrogen) atoms. The number of rotatable bonds is 7. The highest BCUT2D eigenvalue weighted by Crippen LogP contribution is 2.36. The minimum Gasteiger partial charge on any atom is -0.424 e. The van der Waals surface area contributed by atoms with Crippen molar-refractivity contribution in [2.24, 2.45) is 0 Å². The van der Waals surface area contributed by atoms with Crippen molar-refractivity contribution in [1.29, 1.82) is 0 Å². The summed E-state index contributed by atoms with van der Waals surface area (Å²) in [5, 5.41) is 4.39. The second-order valence-electron chi connectivity index (χ2n) is 6.81. The molecule has 0 spiro atoms. The third kappa shape index (κ3) is 7.01. The quantitative estimate of drug-likeness (QED) is 0.383. The van der Waals surface area contributed by atoms with Gasteiger partial charge in [0.05, 0.1) is 17.2 Å². The molecular weight excluding hydrogens is 493 g/mol. The van der Waals surface area contributed by atoms with Crippen molar-refractivity contribution >= 4 is 34.9 Å². The fourth-order valence-electron chi connectivity index (χ4n) is 2.67. The molecule has 14 heteroatoms. The zero-order valence-electron chi connectivity index (χ0n) is 18.2. The van der Waals surface area contributed by atoms with E-state index in [2.05, 4.69) is 31.1 Å². The Morgan fingerprint density at radius 3 is 2.54 bits per heavy atom. The Morgan fingerprint density at radius 2 is 1.86 bits per heavy atom. The van der Waals surface area contributed by atoms with Gasteiger partial charge in [-0.3, -0.25) is 9.63 Å². The van der Waals surface area contributed by atoms with Gasteiger partial charge in [-0.15, -0.1) is 0 Å². The van der Waals surface area contributed by atoms with Crippen molar-refractivity contribution < 1.29 is 32.3 Å². The van der Waals surface area contributed by atoms with E-state index >= 15 is 0 Å². The molecule has 3 aromatic rings. The van der Waals surface area contributed by atoms with Gasteiger partial charge in [0.1, 0.15) is 12.1 Å². The third-order valence-electron chi connectivity index (χ3n) is 4.25. The van der Waals surface area contributed by atoms with Crippen molar-refractivity contribution in [3.63, 3.8) is 0 Å². The molecule has 0 saturated carbocycles. The van der Waals surface area contributed by atoms with Gasteiger partial charge in [-0.25, -0.2) is 15.3 Å². The van der Waals surface area contributed by atoms with Gasteiger partial charge >= 0.3 is 24.1 Å². The molecular formula is C21H18ClF3N6O4. The number of aryl methyl sites for hydroxylation is 1. The first-order chi connectivity index (χ1) is 16.6. The summed E-state index contributed by atoms with van der Waals surface area (Å²) in [5.74, 6) is -0.599. The van der Waals surface area contributed by atoms with Gasteiger partial charge in [0.2, 0.25) is 5.82 Å². The number of halogens is 4. The van der Waals surface area contributed by atoms with E-state index in [1.165, 1.54) is 18.2 Å². The predicted octanol–water partition coefficient (Wildman–Crippen LogP) is 4.97. The van der Waals surface area contributed by atoms with E-state index in [1.54, 1.807) is 19.9 Å². The Morgan fingerprint density at radius 1 is 1.09 bits per heavy atom. The number of hydrogen-bond acceptors (Lipinski definition) is 7. The van der Waals surface area contributed by atoms with Crippen LogP contribution in [0.5, 0.6) is 11.8 Å². The number of nitrogens with one attached hydrogen (secondary N) is 3. The number of alkyl halides is 3. The SMILES string of the molecule is CCONC(=O)c1ncnc(Oc2ccc(NC(=O)Nc3ccc(Cl)c(C(F)(F)F)c3)c(C)c2)n1. The van der Waals surface area contributed by atoms with Gasteiger partial charge in [-0.2, -0.15) is 23.1 Å². The molecule has 0 unspecified atom stereocenters. The number of hydroxylamine groups is 1. The molecule has 3 amide bonds. The fourth-order valence-corrected chi connectivity index (χ4v) is 2.90. The number of anilines is 2. The number of urea groups is 1. The molecule has 0 bridgehead atoms. The van der Waals surface area contributed by atoms with Crippen LogP contribution in [0, 0.1) is 6.92 Å². The first-order valence-electron chi connectivity index (χ1n) is 9.91. The van der Waals surface area contributed by atoms with Crippen molar-refractivity contribution in [3.05, 3.63) is 64.7 Å². The van der Waals surface area contributed by atoms with Crippen LogP contribution in [-0.4, -0.2) is 33.5 Å². The standard InChI is InChI=1S/C21H18ClF3N6O4/c1-3-34-31-18(32)17-26-10-27-20(30-17)35-13-5-7-16(11(2)8-13)29-19(33)28-12-4-6-15(22)14(9-12)21(23,24)25/h4-10H,3H2,1-2H3,(H,31,32)(H2,28,29,33). The van der Waals surface area contributed by atoms with Crippen LogP contribution >= 0.6 is 11.6 Å². The lowest BCUT2D eigenvalue weighted by Crippen LogP contribution is -2.25. The third-order valence-corrected chi connectivity index (χ3v) is 4.58. The Hall–Kier alpha value is -3.97. The van der Waals surface area contributed by atoms with Gasteiger partial charge in [0.15, 0.2) is 0 Å². The number of ether oxygens (including phenoxy) is 1. The lowest BCUT2D eigenvalue weighted by molar-refractivity contribution is -0.137.